The van der Waals surface area contributed by atoms with Gasteiger partial charge in [0.1, 0.15) is 5.37 Å². The van der Waals surface area contributed by atoms with Crippen molar-refractivity contribution in [2.75, 3.05) is 5.75 Å². The van der Waals surface area contributed by atoms with Crippen molar-refractivity contribution < 1.29 is 9.59 Å². The van der Waals surface area contributed by atoms with Crippen molar-refractivity contribution in [2.45, 2.75) is 12.3 Å². The van der Waals surface area contributed by atoms with Crippen LogP contribution in [-0.4, -0.2) is 27.6 Å². The molecule has 1 fully saturated rings. The molecule has 0 aliphatic carbocycles. The van der Waals surface area contributed by atoms with E-state index in [1.807, 2.05) is 19.1 Å². The molecule has 0 radical (unpaired) electrons. The topological polar surface area (TPSA) is 62.3 Å². The van der Waals surface area contributed by atoms with Crippen molar-refractivity contribution in [3.8, 4) is 0 Å². The largest absolute Gasteiger partial charge is 0.272 e. The summed E-state index contributed by atoms with van der Waals surface area (Å²) >= 11 is 7.36. The quantitative estimate of drug-likeness (QED) is 0.927. The minimum atomic E-state index is -0.354. The van der Waals surface area contributed by atoms with Gasteiger partial charge in [-0.1, -0.05) is 23.7 Å². The van der Waals surface area contributed by atoms with Crippen LogP contribution in [-0.2, 0) is 4.79 Å². The van der Waals surface area contributed by atoms with Crippen LogP contribution in [0, 0.1) is 6.92 Å². The van der Waals surface area contributed by atoms with Gasteiger partial charge in [0.25, 0.3) is 11.8 Å². The van der Waals surface area contributed by atoms with Gasteiger partial charge < -0.3 is 0 Å². The number of hydrogen-bond acceptors (Lipinski definition) is 4. The number of pyridine rings is 1. The van der Waals surface area contributed by atoms with Crippen LogP contribution in [0.4, 0.5) is 0 Å². The highest BCUT2D eigenvalue weighted by Crippen LogP contribution is 2.37. The third-order valence-corrected chi connectivity index (χ3v) is 4.88. The lowest BCUT2D eigenvalue weighted by Crippen LogP contribution is -2.44. The van der Waals surface area contributed by atoms with E-state index in [1.165, 1.54) is 23.0 Å². The second-order valence-corrected chi connectivity index (χ2v) is 6.61. The molecule has 5 nitrogen and oxygen atoms in total. The molecule has 118 valence electrons. The number of hydrazine groups is 1. The lowest BCUT2D eigenvalue weighted by Gasteiger charge is -2.24. The summed E-state index contributed by atoms with van der Waals surface area (Å²) in [5.74, 6) is -0.171. The number of nitrogens with one attached hydrogen (secondary N) is 1. The van der Waals surface area contributed by atoms with Crippen molar-refractivity contribution in [3.63, 3.8) is 0 Å². The number of benzene rings is 1. The Morgan fingerprint density at radius 3 is 2.70 bits per heavy atom. The molecule has 1 aromatic carbocycles. The molecule has 2 amide bonds. The van der Waals surface area contributed by atoms with Crippen LogP contribution < -0.4 is 5.43 Å². The first-order valence-electron chi connectivity index (χ1n) is 6.97. The number of carbonyl (C=O) groups is 2. The molecule has 0 spiro atoms. The number of halogens is 1. The lowest BCUT2D eigenvalue weighted by molar-refractivity contribution is -0.130. The van der Waals surface area contributed by atoms with Crippen LogP contribution in [0.15, 0.2) is 42.6 Å². The fourth-order valence-corrected chi connectivity index (χ4v) is 3.43. The molecule has 1 saturated heterocycles. The zero-order valence-corrected chi connectivity index (χ0v) is 13.9. The molecule has 0 saturated carbocycles. The van der Waals surface area contributed by atoms with Crippen LogP contribution in [0.5, 0.6) is 0 Å². The van der Waals surface area contributed by atoms with Crippen molar-refractivity contribution in [2.24, 2.45) is 0 Å². The first kappa shape index (κ1) is 15.8. The number of carbonyl (C=O) groups excluding carboxylic acids is 2. The average Bonchev–Trinajstić information content (AvgIpc) is 2.90. The Morgan fingerprint density at radius 1 is 1.30 bits per heavy atom. The molecular formula is C16H14ClN3O2S. The summed E-state index contributed by atoms with van der Waals surface area (Å²) in [5.41, 5.74) is 4.83. The minimum Gasteiger partial charge on any atom is -0.272 e. The van der Waals surface area contributed by atoms with Gasteiger partial charge in [-0.05, 0) is 36.8 Å². The zero-order valence-electron chi connectivity index (χ0n) is 12.3. The monoisotopic (exact) mass is 347 g/mol. The molecular weight excluding hydrogens is 334 g/mol. The maximum absolute atomic E-state index is 12.3. The molecule has 1 aromatic heterocycles. The highest BCUT2D eigenvalue weighted by Gasteiger charge is 2.34. The van der Waals surface area contributed by atoms with E-state index in [9.17, 15) is 9.59 Å². The highest BCUT2D eigenvalue weighted by atomic mass is 35.5. The van der Waals surface area contributed by atoms with Gasteiger partial charge in [0.2, 0.25) is 0 Å². The molecule has 1 unspecified atom stereocenters. The molecule has 7 heteroatoms. The zero-order chi connectivity index (χ0) is 16.4. The van der Waals surface area contributed by atoms with Gasteiger partial charge in [0.05, 0.1) is 11.3 Å². The molecule has 23 heavy (non-hydrogen) atoms. The summed E-state index contributed by atoms with van der Waals surface area (Å²) in [6.45, 7) is 1.85. The third kappa shape index (κ3) is 3.48. The molecule has 1 atom stereocenters. The van der Waals surface area contributed by atoms with E-state index in [4.69, 9.17) is 11.6 Å². The Kier molecular flexibility index (Phi) is 4.54. The number of hydrogen-bond donors (Lipinski definition) is 1. The number of nitrogens with zero attached hydrogens (tertiary/aromatic N) is 2. The summed E-state index contributed by atoms with van der Waals surface area (Å²) in [4.78, 5) is 28.5. The van der Waals surface area contributed by atoms with Gasteiger partial charge in [0, 0.05) is 16.9 Å². The van der Waals surface area contributed by atoms with E-state index in [2.05, 4.69) is 10.4 Å². The van der Waals surface area contributed by atoms with E-state index in [0.29, 0.717) is 16.3 Å². The van der Waals surface area contributed by atoms with Gasteiger partial charge in [0.15, 0.2) is 0 Å². The predicted molar refractivity (Wildman–Crippen MR) is 89.9 cm³/mol. The van der Waals surface area contributed by atoms with Crippen molar-refractivity contribution >= 4 is 35.2 Å². The van der Waals surface area contributed by atoms with Crippen molar-refractivity contribution in [3.05, 3.63) is 64.4 Å². The van der Waals surface area contributed by atoms with E-state index < -0.39 is 0 Å². The van der Waals surface area contributed by atoms with Crippen molar-refractivity contribution in [1.82, 2.24) is 15.4 Å². The SMILES string of the molecule is Cc1ccc(C(=O)NN2C(=O)CSC2c2ccc(Cl)cc2)cn1. The van der Waals surface area contributed by atoms with Crippen LogP contribution >= 0.6 is 23.4 Å². The molecule has 2 heterocycles. The predicted octanol–water partition coefficient (Wildman–Crippen LogP) is 2.96. The summed E-state index contributed by atoms with van der Waals surface area (Å²) in [7, 11) is 0. The number of aryl methyl sites for hydroxylation is 1. The smallest absolute Gasteiger partial charge is 0.271 e. The second kappa shape index (κ2) is 6.60. The maximum Gasteiger partial charge on any atom is 0.271 e. The average molecular weight is 348 g/mol. The van der Waals surface area contributed by atoms with Crippen LogP contribution in [0.2, 0.25) is 5.02 Å². The van der Waals surface area contributed by atoms with E-state index in [-0.39, 0.29) is 17.2 Å². The van der Waals surface area contributed by atoms with Gasteiger partial charge in [-0.15, -0.1) is 11.8 Å². The van der Waals surface area contributed by atoms with Gasteiger partial charge in [-0.3, -0.25) is 20.0 Å². The van der Waals surface area contributed by atoms with Crippen LogP contribution in [0.3, 0.4) is 0 Å². The van der Waals surface area contributed by atoms with E-state index in [1.54, 1.807) is 24.3 Å². The minimum absolute atomic E-state index is 0.136. The Hall–Kier alpha value is -2.05. The van der Waals surface area contributed by atoms with Crippen LogP contribution in [0.25, 0.3) is 0 Å². The number of aromatic nitrogens is 1. The van der Waals surface area contributed by atoms with Gasteiger partial charge >= 0.3 is 0 Å². The van der Waals surface area contributed by atoms with E-state index >= 15 is 0 Å². The first-order valence-corrected chi connectivity index (χ1v) is 8.40. The Morgan fingerprint density at radius 2 is 2.04 bits per heavy atom. The Bertz CT molecular complexity index is 734. The number of amides is 2. The number of rotatable bonds is 3. The first-order chi connectivity index (χ1) is 11.0. The standard InChI is InChI=1S/C16H14ClN3O2S/c1-10-2-3-12(8-18-10)15(22)19-20-14(21)9-23-16(20)11-4-6-13(17)7-5-11/h2-8,16H,9H2,1H3,(H,19,22). The Balaban J connectivity index is 1.78. The normalized spacial score (nSPS) is 17.4. The molecule has 1 aliphatic heterocycles. The molecule has 0 bridgehead atoms. The summed E-state index contributed by atoms with van der Waals surface area (Å²) in [6.07, 6.45) is 1.50. The van der Waals surface area contributed by atoms with E-state index in [0.717, 1.165) is 11.3 Å². The Labute approximate surface area is 143 Å². The second-order valence-electron chi connectivity index (χ2n) is 5.11. The van der Waals surface area contributed by atoms with Crippen molar-refractivity contribution in [1.29, 1.82) is 0 Å². The summed E-state index contributed by atoms with van der Waals surface area (Å²) < 4.78 is 0. The van der Waals surface area contributed by atoms with Gasteiger partial charge in [-0.2, -0.15) is 0 Å². The third-order valence-electron chi connectivity index (χ3n) is 3.42. The molecule has 1 N–H and O–H groups in total. The van der Waals surface area contributed by atoms with Crippen LogP contribution in [0.1, 0.15) is 27.0 Å². The fourth-order valence-electron chi connectivity index (χ4n) is 2.19. The molecule has 1 aliphatic rings. The lowest BCUT2D eigenvalue weighted by atomic mass is 10.2. The number of thioether (sulfide) groups is 1. The summed E-state index contributed by atoms with van der Waals surface area (Å²) in [5, 5.41) is 1.74. The van der Waals surface area contributed by atoms with Gasteiger partial charge in [-0.25, -0.2) is 5.01 Å². The molecule has 2 aromatic rings. The maximum atomic E-state index is 12.3. The summed E-state index contributed by atoms with van der Waals surface area (Å²) in [6, 6.07) is 10.7. The fraction of sp³-hybridized carbons (Fsp3) is 0.188. The molecule has 3 rings (SSSR count). The highest BCUT2D eigenvalue weighted by molar-refractivity contribution is 8.00.